The number of ether oxygens (including phenoxy) is 1. The zero-order valence-corrected chi connectivity index (χ0v) is 17.2. The lowest BCUT2D eigenvalue weighted by Gasteiger charge is -2.19. The molecule has 156 valence electrons. The smallest absolute Gasteiger partial charge is 0.339 e. The standard InChI is InChI=1S/C21H20ClN3O5/c1-3-30-17-7-5-4-6-16(17)25-20(28)19(27)24(21(25)29)12-18(26)23-13(2)14-8-10-15(22)11-9-14/h4-11,13H,3,12H2,1-2H3,(H,23,26). The van der Waals surface area contributed by atoms with Crippen LogP contribution in [0.5, 0.6) is 5.75 Å². The van der Waals surface area contributed by atoms with Crippen LogP contribution in [-0.4, -0.2) is 41.8 Å². The summed E-state index contributed by atoms with van der Waals surface area (Å²) in [6.07, 6.45) is 0. The minimum absolute atomic E-state index is 0.153. The van der Waals surface area contributed by atoms with Crippen LogP contribution in [0.1, 0.15) is 25.5 Å². The van der Waals surface area contributed by atoms with Crippen molar-refractivity contribution in [2.24, 2.45) is 0 Å². The summed E-state index contributed by atoms with van der Waals surface area (Å²) >= 11 is 5.86. The zero-order chi connectivity index (χ0) is 21.8. The summed E-state index contributed by atoms with van der Waals surface area (Å²) in [7, 11) is 0. The average molecular weight is 430 g/mol. The van der Waals surface area contributed by atoms with Gasteiger partial charge >= 0.3 is 17.8 Å². The summed E-state index contributed by atoms with van der Waals surface area (Å²) in [4.78, 5) is 51.4. The maximum Gasteiger partial charge on any atom is 0.339 e. The van der Waals surface area contributed by atoms with E-state index in [4.69, 9.17) is 16.3 Å². The highest BCUT2D eigenvalue weighted by Gasteiger charge is 2.47. The molecule has 2 aromatic carbocycles. The molecule has 0 bridgehead atoms. The van der Waals surface area contributed by atoms with Crippen LogP contribution >= 0.6 is 11.6 Å². The molecule has 1 unspecified atom stereocenters. The zero-order valence-electron chi connectivity index (χ0n) is 16.4. The molecular weight excluding hydrogens is 410 g/mol. The van der Waals surface area contributed by atoms with E-state index in [9.17, 15) is 19.2 Å². The number of carbonyl (C=O) groups excluding carboxylic acids is 4. The molecule has 3 rings (SSSR count). The van der Waals surface area contributed by atoms with Crippen LogP contribution in [0, 0.1) is 0 Å². The van der Waals surface area contributed by atoms with E-state index in [2.05, 4.69) is 5.32 Å². The lowest BCUT2D eigenvalue weighted by Crippen LogP contribution is -2.42. The number of hydrogen-bond donors (Lipinski definition) is 1. The van der Waals surface area contributed by atoms with Crippen LogP contribution in [0.25, 0.3) is 0 Å². The first kappa shape index (κ1) is 21.3. The molecule has 1 aliphatic heterocycles. The molecule has 2 aromatic rings. The summed E-state index contributed by atoms with van der Waals surface area (Å²) in [5.41, 5.74) is 0.954. The average Bonchev–Trinajstić information content (AvgIpc) is 2.92. The van der Waals surface area contributed by atoms with E-state index in [-0.39, 0.29) is 17.5 Å². The molecule has 8 nitrogen and oxygen atoms in total. The van der Waals surface area contributed by atoms with Crippen LogP contribution in [0.2, 0.25) is 5.02 Å². The van der Waals surface area contributed by atoms with Crippen LogP contribution in [-0.2, 0) is 14.4 Å². The summed E-state index contributed by atoms with van der Waals surface area (Å²) in [6, 6.07) is 12.0. The van der Waals surface area contributed by atoms with Crippen LogP contribution in [0.4, 0.5) is 10.5 Å². The molecule has 1 heterocycles. The molecule has 0 saturated carbocycles. The Hall–Kier alpha value is -3.39. The van der Waals surface area contributed by atoms with Crippen molar-refractivity contribution in [3.05, 3.63) is 59.1 Å². The second kappa shape index (κ2) is 8.96. The number of urea groups is 1. The number of halogens is 1. The quantitative estimate of drug-likeness (QED) is 0.539. The molecule has 0 aromatic heterocycles. The Kier molecular flexibility index (Phi) is 6.37. The van der Waals surface area contributed by atoms with Gasteiger partial charge in [0.1, 0.15) is 12.3 Å². The van der Waals surface area contributed by atoms with Gasteiger partial charge in [0.15, 0.2) is 0 Å². The van der Waals surface area contributed by atoms with Crippen molar-refractivity contribution in [2.75, 3.05) is 18.1 Å². The van der Waals surface area contributed by atoms with Gasteiger partial charge in [-0.3, -0.25) is 14.4 Å². The van der Waals surface area contributed by atoms with Gasteiger partial charge < -0.3 is 10.1 Å². The largest absolute Gasteiger partial charge is 0.492 e. The van der Waals surface area contributed by atoms with Crippen molar-refractivity contribution in [2.45, 2.75) is 19.9 Å². The number of hydrogen-bond acceptors (Lipinski definition) is 5. The van der Waals surface area contributed by atoms with Crippen molar-refractivity contribution in [3.8, 4) is 5.75 Å². The second-order valence-corrected chi connectivity index (χ2v) is 6.99. The minimum Gasteiger partial charge on any atom is -0.492 e. The maximum atomic E-state index is 12.8. The highest BCUT2D eigenvalue weighted by molar-refractivity contribution is 6.53. The van der Waals surface area contributed by atoms with Gasteiger partial charge in [-0.15, -0.1) is 0 Å². The predicted octanol–water partition coefficient (Wildman–Crippen LogP) is 2.91. The van der Waals surface area contributed by atoms with Crippen molar-refractivity contribution in [1.29, 1.82) is 0 Å². The molecule has 1 saturated heterocycles. The summed E-state index contributed by atoms with van der Waals surface area (Å²) < 4.78 is 5.44. The minimum atomic E-state index is -1.07. The van der Waals surface area contributed by atoms with E-state index in [0.717, 1.165) is 10.5 Å². The molecule has 30 heavy (non-hydrogen) atoms. The topological polar surface area (TPSA) is 96.0 Å². The highest BCUT2D eigenvalue weighted by atomic mass is 35.5. The number of para-hydroxylation sites is 2. The number of nitrogens with one attached hydrogen (secondary N) is 1. The van der Waals surface area contributed by atoms with Gasteiger partial charge in [0.25, 0.3) is 0 Å². The van der Waals surface area contributed by atoms with Gasteiger partial charge in [-0.1, -0.05) is 35.9 Å². The molecule has 0 spiro atoms. The molecule has 0 radical (unpaired) electrons. The number of amides is 5. The van der Waals surface area contributed by atoms with Crippen LogP contribution in [0.3, 0.4) is 0 Å². The Morgan fingerprint density at radius 1 is 1.07 bits per heavy atom. The second-order valence-electron chi connectivity index (χ2n) is 6.56. The van der Waals surface area contributed by atoms with Gasteiger partial charge in [-0.25, -0.2) is 14.6 Å². The molecule has 0 aliphatic carbocycles. The molecule has 1 aliphatic rings. The number of imide groups is 2. The first-order valence-corrected chi connectivity index (χ1v) is 9.67. The SMILES string of the molecule is CCOc1ccccc1N1C(=O)C(=O)N(CC(=O)NC(C)c2ccc(Cl)cc2)C1=O. The van der Waals surface area contributed by atoms with Crippen molar-refractivity contribution in [3.63, 3.8) is 0 Å². The first-order chi connectivity index (χ1) is 14.3. The molecular formula is C21H20ClN3O5. The van der Waals surface area contributed by atoms with E-state index < -0.39 is 30.3 Å². The number of benzene rings is 2. The fourth-order valence-corrected chi connectivity index (χ4v) is 3.17. The predicted molar refractivity (Wildman–Crippen MR) is 110 cm³/mol. The molecule has 1 fully saturated rings. The van der Waals surface area contributed by atoms with Crippen LogP contribution < -0.4 is 15.0 Å². The monoisotopic (exact) mass is 429 g/mol. The Morgan fingerprint density at radius 3 is 2.40 bits per heavy atom. The van der Waals surface area contributed by atoms with Crippen molar-refractivity contribution < 1.29 is 23.9 Å². The Labute approximate surface area is 178 Å². The van der Waals surface area contributed by atoms with Crippen molar-refractivity contribution >= 4 is 41.0 Å². The summed E-state index contributed by atoms with van der Waals surface area (Å²) in [5, 5.41) is 3.27. The fraction of sp³-hybridized carbons (Fsp3) is 0.238. The van der Waals surface area contributed by atoms with Gasteiger partial charge in [-0.2, -0.15) is 0 Å². The lowest BCUT2D eigenvalue weighted by atomic mass is 10.1. The van der Waals surface area contributed by atoms with Crippen LogP contribution in [0.15, 0.2) is 48.5 Å². The number of carbonyl (C=O) groups is 4. The number of anilines is 1. The van der Waals surface area contributed by atoms with E-state index in [0.29, 0.717) is 16.5 Å². The van der Waals surface area contributed by atoms with E-state index in [1.54, 1.807) is 56.3 Å². The van der Waals surface area contributed by atoms with Gasteiger partial charge in [-0.05, 0) is 43.7 Å². The Bertz CT molecular complexity index is 992. The summed E-state index contributed by atoms with van der Waals surface area (Å²) in [6.45, 7) is 3.25. The normalized spacial score (nSPS) is 14.8. The third-order valence-electron chi connectivity index (χ3n) is 4.51. The number of rotatable bonds is 7. The van der Waals surface area contributed by atoms with Crippen molar-refractivity contribution in [1.82, 2.24) is 10.2 Å². The molecule has 5 amide bonds. The third-order valence-corrected chi connectivity index (χ3v) is 4.76. The lowest BCUT2D eigenvalue weighted by molar-refractivity contribution is -0.140. The third kappa shape index (κ3) is 4.28. The highest BCUT2D eigenvalue weighted by Crippen LogP contribution is 2.31. The molecule has 1 atom stereocenters. The van der Waals surface area contributed by atoms with Gasteiger partial charge in [0, 0.05) is 5.02 Å². The molecule has 9 heteroatoms. The first-order valence-electron chi connectivity index (χ1n) is 9.30. The van der Waals surface area contributed by atoms with E-state index >= 15 is 0 Å². The Balaban J connectivity index is 1.73. The van der Waals surface area contributed by atoms with E-state index in [1.165, 1.54) is 6.07 Å². The van der Waals surface area contributed by atoms with Gasteiger partial charge in [0.05, 0.1) is 18.3 Å². The number of nitrogens with zero attached hydrogens (tertiary/aromatic N) is 2. The fourth-order valence-electron chi connectivity index (χ4n) is 3.04. The molecule has 1 N–H and O–H groups in total. The van der Waals surface area contributed by atoms with Gasteiger partial charge in [0.2, 0.25) is 5.91 Å². The maximum absolute atomic E-state index is 12.8. The van der Waals surface area contributed by atoms with E-state index in [1.807, 2.05) is 0 Å². The summed E-state index contributed by atoms with van der Waals surface area (Å²) in [5.74, 6) is -2.39. The Morgan fingerprint density at radius 2 is 1.73 bits per heavy atom.